The van der Waals surface area contributed by atoms with Crippen LogP contribution in [0.2, 0.25) is 5.02 Å². The number of rotatable bonds is 4. The van der Waals surface area contributed by atoms with Gasteiger partial charge in [-0.05, 0) is 25.3 Å². The second kappa shape index (κ2) is 5.53. The number of imidazole rings is 1. The molecule has 5 heteroatoms. The lowest BCUT2D eigenvalue weighted by Gasteiger charge is -2.25. The summed E-state index contributed by atoms with van der Waals surface area (Å²) in [4.78, 5) is 4.47. The highest BCUT2D eigenvalue weighted by Gasteiger charge is 2.20. The Morgan fingerprint density at radius 1 is 1.45 bits per heavy atom. The number of alkyl halides is 1. The molecule has 0 saturated heterocycles. The lowest BCUT2D eigenvalue weighted by atomic mass is 9.83. The Hall–Kier alpha value is -0.800. The molecule has 1 heterocycles. The van der Waals surface area contributed by atoms with Crippen LogP contribution in [-0.2, 0) is 6.54 Å². The molecular formula is C15H17Cl2FN2. The monoisotopic (exact) mass is 314 g/mol. The third-order valence-corrected chi connectivity index (χ3v) is 4.65. The van der Waals surface area contributed by atoms with E-state index in [1.54, 1.807) is 6.07 Å². The van der Waals surface area contributed by atoms with E-state index < -0.39 is 5.82 Å². The highest BCUT2D eigenvalue weighted by Crippen LogP contribution is 2.32. The molecule has 0 bridgehead atoms. The summed E-state index contributed by atoms with van der Waals surface area (Å²) in [6.45, 7) is 2.76. The van der Waals surface area contributed by atoms with Crippen LogP contribution in [0.3, 0.4) is 0 Å². The van der Waals surface area contributed by atoms with Crippen LogP contribution in [-0.4, -0.2) is 9.55 Å². The van der Waals surface area contributed by atoms with E-state index in [1.807, 2.05) is 6.92 Å². The summed E-state index contributed by atoms with van der Waals surface area (Å²) >= 11 is 12.1. The van der Waals surface area contributed by atoms with Crippen LogP contribution in [0, 0.1) is 11.7 Å². The van der Waals surface area contributed by atoms with Gasteiger partial charge in [0.25, 0.3) is 0 Å². The fourth-order valence-electron chi connectivity index (χ4n) is 2.77. The number of halogens is 3. The largest absolute Gasteiger partial charge is 0.327 e. The summed E-state index contributed by atoms with van der Waals surface area (Å²) in [5, 5.41) is -0.0679. The molecule has 1 saturated carbocycles. The first kappa shape index (κ1) is 14.2. The Labute approximate surface area is 127 Å². The van der Waals surface area contributed by atoms with Crippen molar-refractivity contribution in [2.24, 2.45) is 5.92 Å². The van der Waals surface area contributed by atoms with Gasteiger partial charge in [-0.3, -0.25) is 0 Å². The van der Waals surface area contributed by atoms with E-state index in [2.05, 4.69) is 9.55 Å². The molecule has 1 aliphatic rings. The first-order valence-corrected chi connectivity index (χ1v) is 7.87. The molecule has 0 spiro atoms. The van der Waals surface area contributed by atoms with Crippen molar-refractivity contribution in [3.63, 3.8) is 0 Å². The molecule has 108 valence electrons. The van der Waals surface area contributed by atoms with Gasteiger partial charge in [-0.2, -0.15) is 0 Å². The predicted molar refractivity (Wildman–Crippen MR) is 80.9 cm³/mol. The highest BCUT2D eigenvalue weighted by atomic mass is 35.5. The predicted octanol–water partition coefficient (Wildman–Crippen LogP) is 5.32. The molecule has 1 fully saturated rings. The van der Waals surface area contributed by atoms with Crippen molar-refractivity contribution >= 4 is 34.2 Å². The van der Waals surface area contributed by atoms with Crippen LogP contribution in [0.1, 0.15) is 43.8 Å². The van der Waals surface area contributed by atoms with Crippen molar-refractivity contribution in [1.29, 1.82) is 0 Å². The van der Waals surface area contributed by atoms with Gasteiger partial charge < -0.3 is 4.57 Å². The number of aromatic nitrogens is 2. The highest BCUT2D eigenvalue weighted by molar-refractivity contribution is 6.31. The first-order chi connectivity index (χ1) is 9.56. The van der Waals surface area contributed by atoms with E-state index in [4.69, 9.17) is 23.2 Å². The quantitative estimate of drug-likeness (QED) is 0.698. The molecule has 0 amide bonds. The SMILES string of the molecule is CC(Cl)c1nc2cc(F)c(Cl)cc2n1CCC1CCC1. The first-order valence-electron chi connectivity index (χ1n) is 7.05. The van der Waals surface area contributed by atoms with Gasteiger partial charge in [0.2, 0.25) is 0 Å². The molecule has 2 aromatic rings. The molecule has 1 atom stereocenters. The number of hydrogen-bond acceptors (Lipinski definition) is 1. The van der Waals surface area contributed by atoms with Gasteiger partial charge in [0.15, 0.2) is 0 Å². The topological polar surface area (TPSA) is 17.8 Å². The summed E-state index contributed by atoms with van der Waals surface area (Å²) in [7, 11) is 0. The molecule has 1 aromatic carbocycles. The molecule has 0 radical (unpaired) electrons. The lowest BCUT2D eigenvalue weighted by molar-refractivity contribution is 0.282. The summed E-state index contributed by atoms with van der Waals surface area (Å²) in [6, 6.07) is 3.04. The molecule has 1 aliphatic carbocycles. The van der Waals surface area contributed by atoms with Crippen molar-refractivity contribution in [3.05, 3.63) is 28.8 Å². The van der Waals surface area contributed by atoms with Crippen molar-refractivity contribution in [1.82, 2.24) is 9.55 Å². The molecule has 0 aliphatic heterocycles. The Kier molecular flexibility index (Phi) is 3.91. The van der Waals surface area contributed by atoms with Gasteiger partial charge in [-0.1, -0.05) is 30.9 Å². The maximum atomic E-state index is 13.6. The van der Waals surface area contributed by atoms with Crippen molar-refractivity contribution in [3.8, 4) is 0 Å². The van der Waals surface area contributed by atoms with Crippen molar-refractivity contribution in [2.45, 2.75) is 44.5 Å². The number of hydrogen-bond donors (Lipinski definition) is 0. The summed E-state index contributed by atoms with van der Waals surface area (Å²) < 4.78 is 15.6. The fraction of sp³-hybridized carbons (Fsp3) is 0.533. The summed E-state index contributed by atoms with van der Waals surface area (Å²) in [6.07, 6.45) is 5.09. The molecule has 0 N–H and O–H groups in total. The van der Waals surface area contributed by atoms with Crippen molar-refractivity contribution < 1.29 is 4.39 Å². The van der Waals surface area contributed by atoms with Crippen LogP contribution < -0.4 is 0 Å². The molecule has 20 heavy (non-hydrogen) atoms. The van der Waals surface area contributed by atoms with Gasteiger partial charge >= 0.3 is 0 Å². The van der Waals surface area contributed by atoms with Crippen LogP contribution in [0.15, 0.2) is 12.1 Å². The molecule has 1 aromatic heterocycles. The van der Waals surface area contributed by atoms with Crippen molar-refractivity contribution in [2.75, 3.05) is 0 Å². The van der Waals surface area contributed by atoms with Gasteiger partial charge in [-0.15, -0.1) is 11.6 Å². The third kappa shape index (κ3) is 2.53. The van der Waals surface area contributed by atoms with Gasteiger partial charge in [0.1, 0.15) is 11.6 Å². The van der Waals surface area contributed by atoms with E-state index in [0.29, 0.717) is 5.52 Å². The Bertz CT molecular complexity index is 632. The second-order valence-corrected chi connectivity index (χ2v) is 6.64. The number of fused-ring (bicyclic) bond motifs is 1. The van der Waals surface area contributed by atoms with Crippen LogP contribution >= 0.6 is 23.2 Å². The zero-order chi connectivity index (χ0) is 14.3. The van der Waals surface area contributed by atoms with E-state index in [9.17, 15) is 4.39 Å². The molecule has 3 rings (SSSR count). The number of benzene rings is 1. The van der Waals surface area contributed by atoms with E-state index in [1.165, 1.54) is 25.3 Å². The van der Waals surface area contributed by atoms with E-state index >= 15 is 0 Å². The minimum atomic E-state index is -0.434. The normalized spacial score (nSPS) is 17.4. The summed E-state index contributed by atoms with van der Waals surface area (Å²) in [5.41, 5.74) is 1.50. The summed E-state index contributed by atoms with van der Waals surface area (Å²) in [5.74, 6) is 1.17. The minimum absolute atomic E-state index is 0.135. The zero-order valence-corrected chi connectivity index (χ0v) is 12.9. The van der Waals surface area contributed by atoms with Crippen LogP contribution in [0.5, 0.6) is 0 Å². The minimum Gasteiger partial charge on any atom is -0.327 e. The smallest absolute Gasteiger partial charge is 0.144 e. The number of nitrogens with zero attached hydrogens (tertiary/aromatic N) is 2. The average Bonchev–Trinajstić information content (AvgIpc) is 2.67. The molecular weight excluding hydrogens is 298 g/mol. The van der Waals surface area contributed by atoms with E-state index in [0.717, 1.165) is 30.2 Å². The second-order valence-electron chi connectivity index (χ2n) is 5.58. The maximum absolute atomic E-state index is 13.6. The Morgan fingerprint density at radius 3 is 2.80 bits per heavy atom. The van der Waals surface area contributed by atoms with Gasteiger partial charge in [-0.25, -0.2) is 9.37 Å². The lowest BCUT2D eigenvalue weighted by Crippen LogP contribution is -2.15. The standard InChI is InChI=1S/C15H17Cl2FN2/c1-9(16)15-19-13-8-12(18)11(17)7-14(13)20(15)6-5-10-3-2-4-10/h7-10H,2-6H2,1H3. The Morgan fingerprint density at radius 2 is 2.20 bits per heavy atom. The van der Waals surface area contributed by atoms with Crippen LogP contribution in [0.4, 0.5) is 4.39 Å². The van der Waals surface area contributed by atoms with E-state index in [-0.39, 0.29) is 10.4 Å². The number of aryl methyl sites for hydroxylation is 1. The van der Waals surface area contributed by atoms with Gasteiger partial charge in [0.05, 0.1) is 21.4 Å². The molecule has 1 unspecified atom stereocenters. The third-order valence-electron chi connectivity index (χ3n) is 4.16. The maximum Gasteiger partial charge on any atom is 0.144 e. The average molecular weight is 315 g/mol. The zero-order valence-electron chi connectivity index (χ0n) is 11.4. The molecule has 2 nitrogen and oxygen atoms in total. The van der Waals surface area contributed by atoms with Gasteiger partial charge in [0, 0.05) is 12.6 Å². The van der Waals surface area contributed by atoms with Crippen LogP contribution in [0.25, 0.3) is 11.0 Å². The fourth-order valence-corrected chi connectivity index (χ4v) is 3.10. The Balaban J connectivity index is 2.00.